The number of aryl methyl sites for hydroxylation is 1. The predicted octanol–water partition coefficient (Wildman–Crippen LogP) is 5.52. The third-order valence-electron chi connectivity index (χ3n) is 4.06. The van der Waals surface area contributed by atoms with Crippen molar-refractivity contribution >= 4 is 5.97 Å². The first kappa shape index (κ1) is 17.3. The second-order valence-electron chi connectivity index (χ2n) is 6.02. The Hall–Kier alpha value is -2.57. The summed E-state index contributed by atoms with van der Waals surface area (Å²) in [6.45, 7) is 1.52. The van der Waals surface area contributed by atoms with Crippen LogP contribution in [0.2, 0.25) is 0 Å². The number of ether oxygens (including phenoxy) is 1. The van der Waals surface area contributed by atoms with Crippen molar-refractivity contribution in [3.05, 3.63) is 58.4 Å². The maximum absolute atomic E-state index is 13.4. The molecule has 0 atom stereocenters. The molecule has 1 aliphatic rings. The molecule has 1 fully saturated rings. The van der Waals surface area contributed by atoms with Crippen LogP contribution in [-0.4, -0.2) is 11.1 Å². The van der Waals surface area contributed by atoms with Crippen molar-refractivity contribution < 1.29 is 32.2 Å². The number of benzene rings is 2. The summed E-state index contributed by atoms with van der Waals surface area (Å²) in [5, 5.41) is 9.36. The fraction of sp³-hybridized carbons (Fsp3) is 0.278. The first-order valence-corrected chi connectivity index (χ1v) is 7.59. The number of aromatic carboxylic acids is 1. The second kappa shape index (κ2) is 6.06. The lowest BCUT2D eigenvalue weighted by atomic mass is 9.98. The van der Waals surface area contributed by atoms with E-state index in [1.807, 2.05) is 0 Å². The highest BCUT2D eigenvalue weighted by atomic mass is 19.4. The van der Waals surface area contributed by atoms with Gasteiger partial charge < -0.3 is 9.84 Å². The van der Waals surface area contributed by atoms with Gasteiger partial charge in [-0.25, -0.2) is 9.18 Å². The molecule has 0 radical (unpaired) electrons. The molecule has 0 aromatic heterocycles. The summed E-state index contributed by atoms with van der Waals surface area (Å²) < 4.78 is 58.7. The lowest BCUT2D eigenvalue weighted by Gasteiger charge is -2.17. The van der Waals surface area contributed by atoms with Crippen molar-refractivity contribution in [1.29, 1.82) is 0 Å². The number of halogens is 4. The number of hydrogen-bond acceptors (Lipinski definition) is 2. The Balaban J connectivity index is 2.12. The summed E-state index contributed by atoms with van der Waals surface area (Å²) in [5.41, 5.74) is -0.919. The number of carbonyl (C=O) groups is 1. The van der Waals surface area contributed by atoms with Gasteiger partial charge >= 0.3 is 12.1 Å². The van der Waals surface area contributed by atoms with Gasteiger partial charge in [0.2, 0.25) is 0 Å². The highest BCUT2D eigenvalue weighted by Gasteiger charge is 2.40. The Labute approximate surface area is 140 Å². The highest BCUT2D eigenvalue weighted by molar-refractivity contribution is 5.91. The maximum atomic E-state index is 13.4. The third-order valence-corrected chi connectivity index (χ3v) is 4.06. The molecule has 0 saturated heterocycles. The molecule has 0 amide bonds. The molecule has 0 bridgehead atoms. The Morgan fingerprint density at radius 1 is 1.16 bits per heavy atom. The molecule has 1 aliphatic carbocycles. The summed E-state index contributed by atoms with van der Waals surface area (Å²) in [6.07, 6.45) is -3.43. The number of hydrogen-bond donors (Lipinski definition) is 1. The number of carboxylic acid groups (broad SMARTS) is 1. The standard InChI is InChI=1S/C18H14F4O3/c1-9-6-11(19)4-5-15(9)25-16-8-14(18(20,21)22)12(10-2-3-10)7-13(16)17(23)24/h4-8,10H,2-3H2,1H3,(H,23,24). The van der Waals surface area contributed by atoms with Crippen molar-refractivity contribution in [2.24, 2.45) is 0 Å². The van der Waals surface area contributed by atoms with Gasteiger partial charge in [-0.1, -0.05) is 0 Å². The van der Waals surface area contributed by atoms with Crippen molar-refractivity contribution in [2.45, 2.75) is 31.9 Å². The van der Waals surface area contributed by atoms with Gasteiger partial charge in [0.1, 0.15) is 22.9 Å². The van der Waals surface area contributed by atoms with Crippen LogP contribution in [0.25, 0.3) is 0 Å². The van der Waals surface area contributed by atoms with Crippen LogP contribution in [0.1, 0.15) is 45.8 Å². The molecule has 3 rings (SSSR count). The van der Waals surface area contributed by atoms with Gasteiger partial charge in [-0.15, -0.1) is 0 Å². The summed E-state index contributed by atoms with van der Waals surface area (Å²) >= 11 is 0. The molecular weight excluding hydrogens is 340 g/mol. The second-order valence-corrected chi connectivity index (χ2v) is 6.02. The zero-order chi connectivity index (χ0) is 18.4. The van der Waals surface area contributed by atoms with Crippen LogP contribution in [0, 0.1) is 12.7 Å². The first-order valence-electron chi connectivity index (χ1n) is 7.59. The minimum absolute atomic E-state index is 0.0203. The molecule has 0 spiro atoms. The van der Waals surface area contributed by atoms with Gasteiger partial charge in [0.25, 0.3) is 0 Å². The van der Waals surface area contributed by atoms with E-state index in [0.29, 0.717) is 18.4 Å². The smallest absolute Gasteiger partial charge is 0.416 e. The Bertz CT molecular complexity index is 839. The number of alkyl halides is 3. The van der Waals surface area contributed by atoms with Crippen LogP contribution in [0.15, 0.2) is 30.3 Å². The Morgan fingerprint density at radius 2 is 1.84 bits per heavy atom. The molecule has 2 aromatic carbocycles. The van der Waals surface area contributed by atoms with E-state index < -0.39 is 29.3 Å². The quantitative estimate of drug-likeness (QED) is 0.735. The van der Waals surface area contributed by atoms with E-state index in [4.69, 9.17) is 4.74 Å². The van der Waals surface area contributed by atoms with E-state index in [1.165, 1.54) is 13.0 Å². The van der Waals surface area contributed by atoms with Gasteiger partial charge in [0.15, 0.2) is 0 Å². The van der Waals surface area contributed by atoms with Crippen molar-refractivity contribution in [2.75, 3.05) is 0 Å². The molecule has 25 heavy (non-hydrogen) atoms. The summed E-state index contributed by atoms with van der Waals surface area (Å²) in [5.74, 6) is -2.51. The van der Waals surface area contributed by atoms with Crippen LogP contribution < -0.4 is 4.74 Å². The minimum Gasteiger partial charge on any atom is -0.478 e. The molecule has 0 unspecified atom stereocenters. The fourth-order valence-corrected chi connectivity index (χ4v) is 2.67. The molecule has 7 heteroatoms. The topological polar surface area (TPSA) is 46.5 Å². The van der Waals surface area contributed by atoms with Gasteiger partial charge in [-0.2, -0.15) is 13.2 Å². The monoisotopic (exact) mass is 354 g/mol. The van der Waals surface area contributed by atoms with Crippen molar-refractivity contribution in [3.8, 4) is 11.5 Å². The lowest BCUT2D eigenvalue weighted by Crippen LogP contribution is -2.12. The summed E-state index contributed by atoms with van der Waals surface area (Å²) in [6, 6.07) is 5.25. The minimum atomic E-state index is -4.62. The average Bonchev–Trinajstić information content (AvgIpc) is 3.33. The van der Waals surface area contributed by atoms with Crippen LogP contribution in [-0.2, 0) is 6.18 Å². The van der Waals surface area contributed by atoms with Crippen molar-refractivity contribution in [1.82, 2.24) is 0 Å². The van der Waals surface area contributed by atoms with Crippen LogP contribution >= 0.6 is 0 Å². The van der Waals surface area contributed by atoms with Gasteiger partial charge in [-0.05, 0) is 67.1 Å². The molecule has 1 saturated carbocycles. The van der Waals surface area contributed by atoms with E-state index in [1.54, 1.807) is 0 Å². The Morgan fingerprint density at radius 3 is 2.36 bits per heavy atom. The normalized spacial score (nSPS) is 14.4. The van der Waals surface area contributed by atoms with E-state index in [-0.39, 0.29) is 22.8 Å². The van der Waals surface area contributed by atoms with E-state index >= 15 is 0 Å². The molecular formula is C18H14F4O3. The molecule has 132 valence electrons. The number of carboxylic acids is 1. The van der Waals surface area contributed by atoms with Crippen LogP contribution in [0.5, 0.6) is 11.5 Å². The summed E-state index contributed by atoms with van der Waals surface area (Å²) in [7, 11) is 0. The lowest BCUT2D eigenvalue weighted by molar-refractivity contribution is -0.138. The molecule has 1 N–H and O–H groups in total. The van der Waals surface area contributed by atoms with Gasteiger partial charge in [-0.3, -0.25) is 0 Å². The zero-order valence-corrected chi connectivity index (χ0v) is 13.2. The molecule has 0 aliphatic heterocycles. The Kier molecular flexibility index (Phi) is 4.18. The van der Waals surface area contributed by atoms with Crippen LogP contribution in [0.3, 0.4) is 0 Å². The van der Waals surface area contributed by atoms with E-state index in [0.717, 1.165) is 24.3 Å². The maximum Gasteiger partial charge on any atom is 0.416 e. The average molecular weight is 354 g/mol. The summed E-state index contributed by atoms with van der Waals surface area (Å²) in [4.78, 5) is 11.5. The predicted molar refractivity (Wildman–Crippen MR) is 81.6 cm³/mol. The van der Waals surface area contributed by atoms with Gasteiger partial charge in [0, 0.05) is 0 Å². The van der Waals surface area contributed by atoms with E-state index in [2.05, 4.69) is 0 Å². The first-order chi connectivity index (χ1) is 11.7. The SMILES string of the molecule is Cc1cc(F)ccc1Oc1cc(C(F)(F)F)c(C2CC2)cc1C(=O)O. The fourth-order valence-electron chi connectivity index (χ4n) is 2.67. The zero-order valence-electron chi connectivity index (χ0n) is 13.2. The van der Waals surface area contributed by atoms with Crippen LogP contribution in [0.4, 0.5) is 17.6 Å². The van der Waals surface area contributed by atoms with Crippen molar-refractivity contribution in [3.63, 3.8) is 0 Å². The third kappa shape index (κ3) is 3.60. The molecule has 2 aromatic rings. The molecule has 3 nitrogen and oxygen atoms in total. The molecule has 0 heterocycles. The highest BCUT2D eigenvalue weighted by Crippen LogP contribution is 2.48. The number of rotatable bonds is 4. The van der Waals surface area contributed by atoms with E-state index in [9.17, 15) is 27.5 Å². The van der Waals surface area contributed by atoms with Gasteiger partial charge in [0.05, 0.1) is 5.56 Å². The largest absolute Gasteiger partial charge is 0.478 e.